The van der Waals surface area contributed by atoms with Gasteiger partial charge in [0.1, 0.15) is 12.4 Å². The first-order valence-corrected chi connectivity index (χ1v) is 7.38. The van der Waals surface area contributed by atoms with Crippen LogP contribution in [0.25, 0.3) is 0 Å². The molecule has 0 spiro atoms. The Labute approximate surface area is 131 Å². The van der Waals surface area contributed by atoms with Gasteiger partial charge in [-0.3, -0.25) is 0 Å². The Kier molecular flexibility index (Phi) is 5.83. The van der Waals surface area contributed by atoms with E-state index in [0.29, 0.717) is 19.7 Å². The Hall–Kier alpha value is -2.49. The summed E-state index contributed by atoms with van der Waals surface area (Å²) in [5.41, 5.74) is 2.20. The Morgan fingerprint density at radius 1 is 1.09 bits per heavy atom. The van der Waals surface area contributed by atoms with Crippen molar-refractivity contribution in [3.63, 3.8) is 0 Å². The van der Waals surface area contributed by atoms with E-state index in [-0.39, 0.29) is 6.03 Å². The smallest absolute Gasteiger partial charge is 0.317 e. The van der Waals surface area contributed by atoms with Crippen molar-refractivity contribution in [2.24, 2.45) is 0 Å². The Morgan fingerprint density at radius 2 is 1.77 bits per heavy atom. The van der Waals surface area contributed by atoms with Crippen LogP contribution in [0.4, 0.5) is 4.79 Å². The highest BCUT2D eigenvalue weighted by atomic mass is 16.5. The van der Waals surface area contributed by atoms with Crippen molar-refractivity contribution in [1.29, 1.82) is 0 Å². The number of aryl methyl sites for hydroxylation is 1. The largest absolute Gasteiger partial charge is 0.491 e. The van der Waals surface area contributed by atoms with E-state index in [1.54, 1.807) is 11.9 Å². The number of ether oxygens (including phenoxy) is 1. The van der Waals surface area contributed by atoms with E-state index in [1.165, 1.54) is 0 Å². The van der Waals surface area contributed by atoms with Crippen LogP contribution in [0, 0.1) is 6.92 Å². The molecule has 2 aromatic carbocycles. The molecular weight excluding hydrogens is 276 g/mol. The maximum Gasteiger partial charge on any atom is 0.317 e. The molecule has 2 aromatic rings. The zero-order valence-electron chi connectivity index (χ0n) is 13.1. The van der Waals surface area contributed by atoms with Gasteiger partial charge in [-0.2, -0.15) is 0 Å². The second kappa shape index (κ2) is 8.08. The van der Waals surface area contributed by atoms with E-state index in [4.69, 9.17) is 4.74 Å². The van der Waals surface area contributed by atoms with E-state index >= 15 is 0 Å². The minimum absolute atomic E-state index is 0.0998. The predicted molar refractivity (Wildman–Crippen MR) is 88.0 cm³/mol. The molecule has 2 rings (SSSR count). The first-order chi connectivity index (χ1) is 10.7. The van der Waals surface area contributed by atoms with Crippen LogP contribution < -0.4 is 10.1 Å². The molecule has 0 atom stereocenters. The molecule has 0 bridgehead atoms. The van der Waals surface area contributed by atoms with Crippen molar-refractivity contribution >= 4 is 6.03 Å². The molecule has 0 unspecified atom stereocenters. The second-order valence-electron chi connectivity index (χ2n) is 5.19. The monoisotopic (exact) mass is 298 g/mol. The standard InChI is InChI=1S/C18H22N2O2/c1-15-8-6-7-11-17(15)22-13-12-19-18(21)20(2)14-16-9-4-3-5-10-16/h3-11H,12-14H2,1-2H3,(H,19,21). The quantitative estimate of drug-likeness (QED) is 0.832. The molecule has 2 amide bonds. The lowest BCUT2D eigenvalue weighted by atomic mass is 10.2. The van der Waals surface area contributed by atoms with Crippen LogP contribution >= 0.6 is 0 Å². The highest BCUT2D eigenvalue weighted by molar-refractivity contribution is 5.73. The maximum atomic E-state index is 12.0. The summed E-state index contributed by atoms with van der Waals surface area (Å²) in [6.45, 7) is 3.52. The zero-order chi connectivity index (χ0) is 15.8. The summed E-state index contributed by atoms with van der Waals surface area (Å²) in [7, 11) is 1.78. The molecule has 0 aromatic heterocycles. The van der Waals surface area contributed by atoms with Gasteiger partial charge in [-0.05, 0) is 24.1 Å². The van der Waals surface area contributed by atoms with Gasteiger partial charge in [-0.1, -0.05) is 48.5 Å². The molecule has 1 N–H and O–H groups in total. The van der Waals surface area contributed by atoms with Gasteiger partial charge in [0.05, 0.1) is 6.54 Å². The first kappa shape index (κ1) is 15.9. The number of nitrogens with one attached hydrogen (secondary N) is 1. The third kappa shape index (κ3) is 4.81. The van der Waals surface area contributed by atoms with Gasteiger partial charge in [0.15, 0.2) is 0 Å². The Bertz CT molecular complexity index is 599. The van der Waals surface area contributed by atoms with Crippen LogP contribution in [0.2, 0.25) is 0 Å². The van der Waals surface area contributed by atoms with Crippen molar-refractivity contribution in [2.75, 3.05) is 20.2 Å². The highest BCUT2D eigenvalue weighted by Crippen LogP contribution is 2.15. The van der Waals surface area contributed by atoms with Crippen LogP contribution in [-0.4, -0.2) is 31.1 Å². The third-order valence-corrected chi connectivity index (χ3v) is 3.34. The van der Waals surface area contributed by atoms with Gasteiger partial charge in [0.2, 0.25) is 0 Å². The summed E-state index contributed by atoms with van der Waals surface area (Å²) >= 11 is 0. The summed E-state index contributed by atoms with van der Waals surface area (Å²) in [6, 6.07) is 17.7. The van der Waals surface area contributed by atoms with Crippen LogP contribution in [0.3, 0.4) is 0 Å². The van der Waals surface area contributed by atoms with Gasteiger partial charge < -0.3 is 15.0 Å². The van der Waals surface area contributed by atoms with Crippen molar-refractivity contribution in [3.8, 4) is 5.75 Å². The number of benzene rings is 2. The van der Waals surface area contributed by atoms with Gasteiger partial charge in [-0.15, -0.1) is 0 Å². The number of para-hydroxylation sites is 1. The predicted octanol–water partition coefficient (Wildman–Crippen LogP) is 3.22. The molecule has 0 heterocycles. The van der Waals surface area contributed by atoms with E-state index < -0.39 is 0 Å². The topological polar surface area (TPSA) is 41.6 Å². The van der Waals surface area contributed by atoms with Crippen LogP contribution in [0.1, 0.15) is 11.1 Å². The van der Waals surface area contributed by atoms with Crippen molar-refractivity contribution in [3.05, 3.63) is 65.7 Å². The third-order valence-electron chi connectivity index (χ3n) is 3.34. The lowest BCUT2D eigenvalue weighted by molar-refractivity contribution is 0.203. The molecule has 4 nitrogen and oxygen atoms in total. The zero-order valence-corrected chi connectivity index (χ0v) is 13.1. The Morgan fingerprint density at radius 3 is 2.50 bits per heavy atom. The summed E-state index contributed by atoms with van der Waals surface area (Å²) in [6.07, 6.45) is 0. The van der Waals surface area contributed by atoms with Crippen molar-refractivity contribution in [1.82, 2.24) is 10.2 Å². The van der Waals surface area contributed by atoms with E-state index in [2.05, 4.69) is 5.32 Å². The molecular formula is C18H22N2O2. The fraction of sp³-hybridized carbons (Fsp3) is 0.278. The SMILES string of the molecule is Cc1ccccc1OCCNC(=O)N(C)Cc1ccccc1. The minimum Gasteiger partial charge on any atom is -0.491 e. The summed E-state index contributed by atoms with van der Waals surface area (Å²) in [4.78, 5) is 13.6. The fourth-order valence-corrected chi connectivity index (χ4v) is 2.10. The molecule has 0 fully saturated rings. The number of rotatable bonds is 6. The fourth-order valence-electron chi connectivity index (χ4n) is 2.10. The van der Waals surface area contributed by atoms with E-state index in [1.807, 2.05) is 61.5 Å². The number of hydrogen-bond donors (Lipinski definition) is 1. The number of carbonyl (C=O) groups is 1. The average Bonchev–Trinajstić information content (AvgIpc) is 2.53. The van der Waals surface area contributed by atoms with Gasteiger partial charge in [-0.25, -0.2) is 4.79 Å². The normalized spacial score (nSPS) is 10.1. The molecule has 116 valence electrons. The summed E-state index contributed by atoms with van der Waals surface area (Å²) in [5, 5.41) is 2.85. The van der Waals surface area contributed by atoms with Crippen molar-refractivity contribution in [2.45, 2.75) is 13.5 Å². The lowest BCUT2D eigenvalue weighted by Gasteiger charge is -2.18. The van der Waals surface area contributed by atoms with Crippen LogP contribution in [0.5, 0.6) is 5.75 Å². The van der Waals surface area contributed by atoms with Gasteiger partial charge in [0.25, 0.3) is 0 Å². The van der Waals surface area contributed by atoms with Gasteiger partial charge in [0, 0.05) is 13.6 Å². The molecule has 0 saturated heterocycles. The number of amides is 2. The number of carbonyl (C=O) groups excluding carboxylic acids is 1. The first-order valence-electron chi connectivity index (χ1n) is 7.38. The molecule has 0 aliphatic rings. The van der Waals surface area contributed by atoms with Crippen LogP contribution in [0.15, 0.2) is 54.6 Å². The molecule has 0 radical (unpaired) electrons. The minimum atomic E-state index is -0.0998. The molecule has 4 heteroatoms. The lowest BCUT2D eigenvalue weighted by Crippen LogP contribution is -2.38. The van der Waals surface area contributed by atoms with Crippen molar-refractivity contribution < 1.29 is 9.53 Å². The number of hydrogen-bond acceptors (Lipinski definition) is 2. The summed E-state index contributed by atoms with van der Waals surface area (Å²) < 4.78 is 5.65. The number of nitrogens with zero attached hydrogens (tertiary/aromatic N) is 1. The molecule has 0 aliphatic carbocycles. The van der Waals surface area contributed by atoms with Gasteiger partial charge >= 0.3 is 6.03 Å². The molecule has 22 heavy (non-hydrogen) atoms. The molecule has 0 saturated carbocycles. The average molecular weight is 298 g/mol. The maximum absolute atomic E-state index is 12.0. The van der Waals surface area contributed by atoms with E-state index in [9.17, 15) is 4.79 Å². The second-order valence-corrected chi connectivity index (χ2v) is 5.19. The molecule has 0 aliphatic heterocycles. The Balaban J connectivity index is 1.70. The highest BCUT2D eigenvalue weighted by Gasteiger charge is 2.08. The van der Waals surface area contributed by atoms with E-state index in [0.717, 1.165) is 16.9 Å². The van der Waals surface area contributed by atoms with Crippen LogP contribution in [-0.2, 0) is 6.54 Å². The summed E-state index contributed by atoms with van der Waals surface area (Å²) in [5.74, 6) is 0.856. The number of urea groups is 1.